The lowest BCUT2D eigenvalue weighted by Crippen LogP contribution is -2.45. The summed E-state index contributed by atoms with van der Waals surface area (Å²) in [7, 11) is 0. The SMILES string of the molecule is CC(=O)C(C(C)C)N(CCCCNC(=S)S)C(=S)S. The molecule has 0 aromatic heterocycles. The predicted molar refractivity (Wildman–Crippen MR) is 96.4 cm³/mol. The Hall–Kier alpha value is 0.150. The highest BCUT2D eigenvalue weighted by molar-refractivity contribution is 8.11. The van der Waals surface area contributed by atoms with E-state index in [1.807, 2.05) is 18.7 Å². The summed E-state index contributed by atoms with van der Waals surface area (Å²) < 4.78 is 0.983. The molecule has 110 valence electrons. The normalized spacial score (nSPS) is 12.1. The molecule has 0 aromatic rings. The van der Waals surface area contributed by atoms with Gasteiger partial charge in [0.1, 0.15) is 8.64 Å². The Balaban J connectivity index is 4.37. The van der Waals surface area contributed by atoms with Crippen molar-refractivity contribution in [3.05, 3.63) is 0 Å². The molecule has 0 aliphatic carbocycles. The molecule has 0 bridgehead atoms. The monoisotopic (exact) mass is 338 g/mol. The van der Waals surface area contributed by atoms with Crippen molar-refractivity contribution in [2.24, 2.45) is 5.92 Å². The van der Waals surface area contributed by atoms with Crippen molar-refractivity contribution in [2.75, 3.05) is 13.1 Å². The molecule has 1 N–H and O–H groups in total. The van der Waals surface area contributed by atoms with E-state index in [0.717, 1.165) is 25.9 Å². The Bertz CT molecular complexity index is 334. The van der Waals surface area contributed by atoms with Crippen LogP contribution in [0.25, 0.3) is 0 Å². The minimum atomic E-state index is -0.191. The zero-order valence-electron chi connectivity index (χ0n) is 11.5. The number of unbranched alkanes of at least 4 members (excludes halogenated alkanes) is 1. The summed E-state index contributed by atoms with van der Waals surface area (Å²) in [6.07, 6.45) is 1.86. The van der Waals surface area contributed by atoms with Gasteiger partial charge in [0.05, 0.1) is 6.04 Å². The second kappa shape index (κ2) is 9.96. The van der Waals surface area contributed by atoms with Gasteiger partial charge >= 0.3 is 0 Å². The van der Waals surface area contributed by atoms with Gasteiger partial charge in [0.25, 0.3) is 0 Å². The summed E-state index contributed by atoms with van der Waals surface area (Å²) in [5, 5.41) is 2.98. The largest absolute Gasteiger partial charge is 0.371 e. The molecule has 1 unspecified atom stereocenters. The van der Waals surface area contributed by atoms with Gasteiger partial charge in [-0.2, -0.15) is 0 Å². The summed E-state index contributed by atoms with van der Waals surface area (Å²) >= 11 is 18.2. The molecule has 0 spiro atoms. The summed E-state index contributed by atoms with van der Waals surface area (Å²) in [6, 6.07) is -0.191. The predicted octanol–water partition coefficient (Wildman–Crippen LogP) is 2.70. The fraction of sp³-hybridized carbons (Fsp3) is 0.750. The van der Waals surface area contributed by atoms with Gasteiger partial charge in [0.2, 0.25) is 0 Å². The minimum Gasteiger partial charge on any atom is -0.371 e. The van der Waals surface area contributed by atoms with Gasteiger partial charge in [-0.1, -0.05) is 38.3 Å². The van der Waals surface area contributed by atoms with E-state index in [1.165, 1.54) is 0 Å². The zero-order valence-corrected chi connectivity index (χ0v) is 15.0. The molecule has 7 heteroatoms. The molecule has 0 fully saturated rings. The number of rotatable bonds is 8. The lowest BCUT2D eigenvalue weighted by atomic mass is 9.99. The highest BCUT2D eigenvalue weighted by atomic mass is 32.1. The third kappa shape index (κ3) is 8.12. The third-order valence-corrected chi connectivity index (χ3v) is 3.53. The lowest BCUT2D eigenvalue weighted by Gasteiger charge is -2.33. The van der Waals surface area contributed by atoms with E-state index in [2.05, 4.69) is 30.6 Å². The van der Waals surface area contributed by atoms with Crippen LogP contribution in [0.4, 0.5) is 0 Å². The molecule has 0 rings (SSSR count). The molecule has 0 aliphatic heterocycles. The molecule has 0 radical (unpaired) electrons. The first-order valence-electron chi connectivity index (χ1n) is 6.24. The Labute approximate surface area is 137 Å². The van der Waals surface area contributed by atoms with E-state index in [4.69, 9.17) is 24.4 Å². The second-order valence-electron chi connectivity index (χ2n) is 4.71. The van der Waals surface area contributed by atoms with Crippen LogP contribution >= 0.6 is 49.7 Å². The molecular weight excluding hydrogens is 316 g/mol. The summed E-state index contributed by atoms with van der Waals surface area (Å²) in [4.78, 5) is 13.6. The van der Waals surface area contributed by atoms with Crippen molar-refractivity contribution >= 4 is 64.1 Å². The Kier molecular flexibility index (Phi) is 10.0. The first-order chi connectivity index (χ1) is 8.77. The fourth-order valence-electron chi connectivity index (χ4n) is 2.00. The number of nitrogens with one attached hydrogen (secondary N) is 1. The number of hydrogen-bond acceptors (Lipinski definition) is 3. The van der Waals surface area contributed by atoms with Crippen molar-refractivity contribution < 1.29 is 4.79 Å². The van der Waals surface area contributed by atoms with Crippen LogP contribution in [0.1, 0.15) is 33.6 Å². The van der Waals surface area contributed by atoms with Crippen molar-refractivity contribution in [1.82, 2.24) is 10.2 Å². The standard InChI is InChI=1S/C12H22N2OS4/c1-8(2)10(9(3)15)14(12(18)19)7-5-4-6-13-11(16)17/h8,10H,4-7H2,1-3H3,(H,18,19)(H2,13,16,17). The fourth-order valence-corrected chi connectivity index (χ4v) is 2.65. The highest BCUT2D eigenvalue weighted by Crippen LogP contribution is 2.15. The van der Waals surface area contributed by atoms with Gasteiger partial charge in [-0.25, -0.2) is 0 Å². The molecule has 19 heavy (non-hydrogen) atoms. The second-order valence-corrected chi connectivity index (χ2v) is 6.99. The van der Waals surface area contributed by atoms with Gasteiger partial charge in [-0.15, -0.1) is 25.3 Å². The van der Waals surface area contributed by atoms with Crippen LogP contribution in [-0.2, 0) is 4.79 Å². The van der Waals surface area contributed by atoms with Crippen LogP contribution in [-0.4, -0.2) is 38.5 Å². The highest BCUT2D eigenvalue weighted by Gasteiger charge is 2.26. The molecule has 0 heterocycles. The van der Waals surface area contributed by atoms with Gasteiger partial charge < -0.3 is 10.2 Å². The Morgan fingerprint density at radius 1 is 1.26 bits per heavy atom. The molecule has 0 saturated carbocycles. The van der Waals surface area contributed by atoms with Crippen LogP contribution in [0.15, 0.2) is 0 Å². The number of carbonyl (C=O) groups excluding carboxylic acids is 1. The van der Waals surface area contributed by atoms with Gasteiger partial charge in [-0.05, 0) is 25.7 Å². The number of carbonyl (C=O) groups is 1. The van der Waals surface area contributed by atoms with E-state index in [0.29, 0.717) is 8.64 Å². The van der Waals surface area contributed by atoms with Crippen LogP contribution in [0.5, 0.6) is 0 Å². The summed E-state index contributed by atoms with van der Waals surface area (Å²) in [5.74, 6) is 0.340. The van der Waals surface area contributed by atoms with Crippen molar-refractivity contribution in [2.45, 2.75) is 39.7 Å². The quantitative estimate of drug-likeness (QED) is 0.360. The number of thiol groups is 2. The molecule has 1 atom stereocenters. The van der Waals surface area contributed by atoms with Crippen molar-refractivity contribution in [1.29, 1.82) is 0 Å². The number of nitrogens with zero attached hydrogens (tertiary/aromatic N) is 1. The molecule has 0 saturated heterocycles. The van der Waals surface area contributed by atoms with Crippen LogP contribution in [0, 0.1) is 5.92 Å². The molecule has 0 aromatic carbocycles. The number of thiocarbonyl (C=S) groups is 2. The molecule has 0 amide bonds. The average molecular weight is 339 g/mol. The maximum atomic E-state index is 11.7. The smallest absolute Gasteiger partial charge is 0.152 e. The minimum absolute atomic E-state index is 0.126. The van der Waals surface area contributed by atoms with E-state index in [-0.39, 0.29) is 17.7 Å². The maximum absolute atomic E-state index is 11.7. The third-order valence-electron chi connectivity index (χ3n) is 2.73. The van der Waals surface area contributed by atoms with Crippen LogP contribution in [0.2, 0.25) is 0 Å². The number of Topliss-reactive ketones (excluding diaryl/α,β-unsaturated/α-hetero) is 1. The van der Waals surface area contributed by atoms with Crippen molar-refractivity contribution in [3.8, 4) is 0 Å². The van der Waals surface area contributed by atoms with Gasteiger partial charge in [0, 0.05) is 13.1 Å². The lowest BCUT2D eigenvalue weighted by molar-refractivity contribution is -0.122. The first-order valence-corrected chi connectivity index (χ1v) is 7.95. The van der Waals surface area contributed by atoms with Crippen LogP contribution in [0.3, 0.4) is 0 Å². The molecular formula is C12H22N2OS4. The average Bonchev–Trinajstić information content (AvgIpc) is 2.24. The number of hydrogen-bond donors (Lipinski definition) is 3. The molecule has 0 aliphatic rings. The van der Waals surface area contributed by atoms with E-state index in [9.17, 15) is 4.79 Å². The van der Waals surface area contributed by atoms with Crippen molar-refractivity contribution in [3.63, 3.8) is 0 Å². The van der Waals surface area contributed by atoms with E-state index >= 15 is 0 Å². The van der Waals surface area contributed by atoms with Gasteiger partial charge in [-0.3, -0.25) is 4.79 Å². The Morgan fingerprint density at radius 3 is 2.21 bits per heavy atom. The first kappa shape index (κ1) is 19.1. The van der Waals surface area contributed by atoms with E-state index in [1.54, 1.807) is 6.92 Å². The van der Waals surface area contributed by atoms with Crippen LogP contribution < -0.4 is 5.32 Å². The zero-order chi connectivity index (χ0) is 15.0. The maximum Gasteiger partial charge on any atom is 0.152 e. The van der Waals surface area contributed by atoms with E-state index < -0.39 is 0 Å². The van der Waals surface area contributed by atoms with Gasteiger partial charge in [0.15, 0.2) is 5.78 Å². The Morgan fingerprint density at radius 2 is 1.84 bits per heavy atom. The summed E-state index contributed by atoms with van der Waals surface area (Å²) in [6.45, 7) is 7.15. The molecule has 3 nitrogen and oxygen atoms in total. The topological polar surface area (TPSA) is 32.3 Å². The summed E-state index contributed by atoms with van der Waals surface area (Å²) in [5.41, 5.74) is 0. The number of ketones is 1.